The van der Waals surface area contributed by atoms with Crippen LogP contribution in [0.1, 0.15) is 97.9 Å². The first-order chi connectivity index (χ1) is 32.2. The standard InChI is InChI=1S/C52H54N6O8/c1-5-27-63-49-35-11-9-13-37(49)33-45-47(55-53-41-17-21-43(22-18-41)57(59)60)26-16-40(52(45)66-30-8-4)32-36-12-10-14-38(50(36)64-28-6-2)34-46-48(25-15-39(31-35)51(46)65-29-7-3)56-54-42-19-23-44(24-20-42)58(61)62/h9-26H,5-8,27-34H2,1-4H3. The first-order valence-electron chi connectivity index (χ1n) is 22.6. The Hall–Kier alpha value is -7.48. The SMILES string of the molecule is CCCOc1c2cccc1Cc1c(N=Nc3ccc([N+](=O)[O-])cc3)ccc(c1OCCC)Cc1cccc(c1OCCC)Cc1c(N=Nc3ccc([N+](=O)[O-])cc3)ccc(c1OCCC)C2. The molecule has 0 saturated heterocycles. The number of fused-ring (bicyclic) bond motifs is 8. The Morgan fingerprint density at radius 3 is 1.06 bits per heavy atom. The largest absolute Gasteiger partial charge is 0.493 e. The van der Waals surface area contributed by atoms with Gasteiger partial charge in [-0.1, -0.05) is 76.2 Å². The molecule has 6 aromatic carbocycles. The van der Waals surface area contributed by atoms with Crippen LogP contribution in [0.4, 0.5) is 34.1 Å². The normalized spacial score (nSPS) is 12.3. The van der Waals surface area contributed by atoms with Crippen molar-refractivity contribution in [2.75, 3.05) is 26.4 Å². The summed E-state index contributed by atoms with van der Waals surface area (Å²) >= 11 is 0. The second-order valence-corrected chi connectivity index (χ2v) is 16.0. The van der Waals surface area contributed by atoms with Gasteiger partial charge in [0.1, 0.15) is 23.0 Å². The first-order valence-corrected chi connectivity index (χ1v) is 22.6. The number of rotatable bonds is 18. The van der Waals surface area contributed by atoms with Crippen molar-refractivity contribution in [2.24, 2.45) is 20.5 Å². The second kappa shape index (κ2) is 22.4. The zero-order valence-electron chi connectivity index (χ0n) is 37.8. The van der Waals surface area contributed by atoms with Crippen LogP contribution in [0.5, 0.6) is 23.0 Å². The molecular weight excluding hydrogens is 837 g/mol. The topological polar surface area (TPSA) is 173 Å². The van der Waals surface area contributed by atoms with Crippen LogP contribution in [0, 0.1) is 20.2 Å². The molecule has 340 valence electrons. The van der Waals surface area contributed by atoms with Gasteiger partial charge in [-0.05, 0) is 95.5 Å². The molecular formula is C52H54N6O8. The molecule has 0 amide bonds. The number of azo groups is 2. The number of ether oxygens (including phenoxy) is 4. The van der Waals surface area contributed by atoms with Gasteiger partial charge >= 0.3 is 0 Å². The van der Waals surface area contributed by atoms with Crippen molar-refractivity contribution in [3.63, 3.8) is 0 Å². The summed E-state index contributed by atoms with van der Waals surface area (Å²) in [7, 11) is 0. The Balaban J connectivity index is 1.46. The maximum atomic E-state index is 11.4. The predicted molar refractivity (Wildman–Crippen MR) is 255 cm³/mol. The van der Waals surface area contributed by atoms with Gasteiger partial charge in [0.25, 0.3) is 11.4 Å². The van der Waals surface area contributed by atoms with E-state index < -0.39 is 9.85 Å². The van der Waals surface area contributed by atoms with Crippen molar-refractivity contribution >= 4 is 34.1 Å². The number of non-ortho nitro benzene ring substituents is 2. The van der Waals surface area contributed by atoms with Crippen molar-refractivity contribution in [3.05, 3.63) is 174 Å². The zero-order valence-corrected chi connectivity index (χ0v) is 37.8. The summed E-state index contributed by atoms with van der Waals surface area (Å²) in [4.78, 5) is 21.9. The number of nitro groups is 2. The Labute approximate surface area is 384 Å². The Bertz CT molecular complexity index is 2530. The van der Waals surface area contributed by atoms with Crippen molar-refractivity contribution in [2.45, 2.75) is 79.1 Å². The molecule has 1 aliphatic rings. The number of nitrogens with zero attached hydrogens (tertiary/aromatic N) is 6. The van der Waals surface area contributed by atoms with Crippen LogP contribution in [0.25, 0.3) is 0 Å². The molecule has 0 spiro atoms. The average molecular weight is 891 g/mol. The summed E-state index contributed by atoms with van der Waals surface area (Å²) in [5, 5.41) is 41.4. The van der Waals surface area contributed by atoms with Gasteiger partial charge in [-0.2, -0.15) is 20.5 Å². The number of nitro benzene ring substituents is 2. The minimum Gasteiger partial charge on any atom is -0.493 e. The molecule has 0 aromatic heterocycles. The fourth-order valence-electron chi connectivity index (χ4n) is 7.82. The maximum Gasteiger partial charge on any atom is 0.269 e. The van der Waals surface area contributed by atoms with Gasteiger partial charge < -0.3 is 18.9 Å². The highest BCUT2D eigenvalue weighted by molar-refractivity contribution is 5.65. The van der Waals surface area contributed by atoms with E-state index in [9.17, 15) is 20.2 Å². The molecule has 0 radical (unpaired) electrons. The molecule has 8 bridgehead atoms. The number of hydrogen-bond acceptors (Lipinski definition) is 12. The molecule has 7 rings (SSSR count). The van der Waals surface area contributed by atoms with Crippen molar-refractivity contribution in [3.8, 4) is 23.0 Å². The van der Waals surface area contributed by atoms with Crippen LogP contribution < -0.4 is 18.9 Å². The number of para-hydroxylation sites is 2. The van der Waals surface area contributed by atoms with Gasteiger partial charge in [0, 0.05) is 61.1 Å². The van der Waals surface area contributed by atoms with E-state index in [4.69, 9.17) is 29.2 Å². The van der Waals surface area contributed by atoms with Crippen molar-refractivity contribution in [1.82, 2.24) is 0 Å². The fourth-order valence-corrected chi connectivity index (χ4v) is 7.82. The maximum absolute atomic E-state index is 11.4. The highest BCUT2D eigenvalue weighted by Crippen LogP contribution is 2.44. The van der Waals surface area contributed by atoms with Crippen LogP contribution >= 0.6 is 0 Å². The van der Waals surface area contributed by atoms with Gasteiger partial charge in [0.2, 0.25) is 0 Å². The molecule has 0 N–H and O–H groups in total. The molecule has 0 unspecified atom stereocenters. The highest BCUT2D eigenvalue weighted by Gasteiger charge is 2.25. The zero-order chi connectivity index (χ0) is 46.4. The summed E-state index contributed by atoms with van der Waals surface area (Å²) in [5.41, 5.74) is 9.48. The average Bonchev–Trinajstić information content (AvgIpc) is 3.32. The molecule has 14 nitrogen and oxygen atoms in total. The fraction of sp³-hybridized carbons (Fsp3) is 0.308. The van der Waals surface area contributed by atoms with E-state index in [2.05, 4.69) is 62.2 Å². The molecule has 1 aliphatic carbocycles. The van der Waals surface area contributed by atoms with Gasteiger partial charge in [0.15, 0.2) is 0 Å². The van der Waals surface area contributed by atoms with Crippen molar-refractivity contribution in [1.29, 1.82) is 0 Å². The van der Waals surface area contributed by atoms with E-state index in [1.54, 1.807) is 24.3 Å². The van der Waals surface area contributed by atoms with Gasteiger partial charge in [-0.25, -0.2) is 0 Å². The lowest BCUT2D eigenvalue weighted by Crippen LogP contribution is -2.10. The molecule has 0 heterocycles. The third kappa shape index (κ3) is 11.2. The summed E-state index contributed by atoms with van der Waals surface area (Å²) in [5.74, 6) is 2.94. The van der Waals surface area contributed by atoms with Gasteiger partial charge in [-0.3, -0.25) is 20.2 Å². The quantitative estimate of drug-likeness (QED) is 0.0465. The number of benzene rings is 6. The lowest BCUT2D eigenvalue weighted by atomic mass is 9.90. The predicted octanol–water partition coefficient (Wildman–Crippen LogP) is 14.2. The van der Waals surface area contributed by atoms with Gasteiger partial charge in [-0.15, -0.1) is 0 Å². The van der Waals surface area contributed by atoms with E-state index in [1.807, 2.05) is 36.4 Å². The summed E-state index contributed by atoms with van der Waals surface area (Å²) < 4.78 is 26.8. The Morgan fingerprint density at radius 2 is 0.727 bits per heavy atom. The lowest BCUT2D eigenvalue weighted by Gasteiger charge is -2.23. The lowest BCUT2D eigenvalue weighted by molar-refractivity contribution is -0.385. The van der Waals surface area contributed by atoms with E-state index in [0.29, 0.717) is 86.4 Å². The second-order valence-electron chi connectivity index (χ2n) is 16.0. The summed E-state index contributed by atoms with van der Waals surface area (Å²) in [6, 6.07) is 32.4. The van der Waals surface area contributed by atoms with Crippen LogP contribution in [0.3, 0.4) is 0 Å². The Kier molecular flexibility index (Phi) is 15.8. The monoisotopic (exact) mass is 890 g/mol. The molecule has 0 aliphatic heterocycles. The van der Waals surface area contributed by atoms with Gasteiger partial charge in [0.05, 0.1) is 59.0 Å². The van der Waals surface area contributed by atoms with Crippen LogP contribution in [-0.2, 0) is 25.7 Å². The smallest absolute Gasteiger partial charge is 0.269 e. The summed E-state index contributed by atoms with van der Waals surface area (Å²) in [6.07, 6.45) is 4.91. The molecule has 0 saturated carbocycles. The Morgan fingerprint density at radius 1 is 0.409 bits per heavy atom. The number of hydrogen-bond donors (Lipinski definition) is 0. The van der Waals surface area contributed by atoms with Crippen molar-refractivity contribution < 1.29 is 28.8 Å². The van der Waals surface area contributed by atoms with E-state index >= 15 is 0 Å². The summed E-state index contributed by atoms with van der Waals surface area (Å²) in [6.45, 7) is 10.2. The molecule has 6 aromatic rings. The third-order valence-corrected chi connectivity index (χ3v) is 11.0. The van der Waals surface area contributed by atoms with E-state index in [0.717, 1.165) is 81.7 Å². The molecule has 66 heavy (non-hydrogen) atoms. The van der Waals surface area contributed by atoms with Crippen LogP contribution in [0.2, 0.25) is 0 Å². The molecule has 14 heteroatoms. The minimum absolute atomic E-state index is 0.0267. The first kappa shape index (κ1) is 46.5. The third-order valence-electron chi connectivity index (χ3n) is 11.0. The highest BCUT2D eigenvalue weighted by atomic mass is 16.6. The molecule has 0 fully saturated rings. The van der Waals surface area contributed by atoms with Crippen LogP contribution in [-0.4, -0.2) is 36.3 Å². The van der Waals surface area contributed by atoms with Crippen LogP contribution in [0.15, 0.2) is 130 Å². The molecule has 0 atom stereocenters. The van der Waals surface area contributed by atoms with E-state index in [-0.39, 0.29) is 11.4 Å². The van der Waals surface area contributed by atoms with E-state index in [1.165, 1.54) is 24.3 Å². The minimum atomic E-state index is -0.440.